The van der Waals surface area contributed by atoms with Crippen LogP contribution in [0.15, 0.2) is 48.8 Å². The first-order chi connectivity index (χ1) is 10.2. The Morgan fingerprint density at radius 1 is 1.19 bits per heavy atom. The van der Waals surface area contributed by atoms with Gasteiger partial charge in [-0.15, -0.1) is 0 Å². The summed E-state index contributed by atoms with van der Waals surface area (Å²) in [5.74, 6) is -0.503. The van der Waals surface area contributed by atoms with Crippen molar-refractivity contribution in [2.75, 3.05) is 5.32 Å². The van der Waals surface area contributed by atoms with E-state index in [-0.39, 0.29) is 5.69 Å². The second-order valence-corrected chi connectivity index (χ2v) is 4.20. The van der Waals surface area contributed by atoms with E-state index in [1.807, 2.05) is 0 Å². The molecule has 21 heavy (non-hydrogen) atoms. The van der Waals surface area contributed by atoms with Gasteiger partial charge in [-0.05, 0) is 30.3 Å². The third-order valence-corrected chi connectivity index (χ3v) is 2.71. The summed E-state index contributed by atoms with van der Waals surface area (Å²) in [6, 6.07) is 8.82. The third-order valence-electron chi connectivity index (χ3n) is 2.71. The smallest absolute Gasteiger partial charge is 0.274 e. The Morgan fingerprint density at radius 3 is 2.86 bits per heavy atom. The van der Waals surface area contributed by atoms with Crippen molar-refractivity contribution in [3.63, 3.8) is 0 Å². The number of amides is 1. The molecule has 6 nitrogen and oxygen atoms in total. The number of nitrogens with zero attached hydrogens (tertiary/aromatic N) is 3. The Kier molecular flexibility index (Phi) is 3.38. The van der Waals surface area contributed by atoms with Crippen molar-refractivity contribution in [2.45, 2.75) is 0 Å². The molecule has 104 valence electrons. The van der Waals surface area contributed by atoms with Crippen molar-refractivity contribution < 1.29 is 9.18 Å². The second-order valence-electron chi connectivity index (χ2n) is 4.20. The molecule has 0 aliphatic rings. The highest BCUT2D eigenvalue weighted by atomic mass is 19.1. The van der Waals surface area contributed by atoms with Gasteiger partial charge in [-0.25, -0.2) is 14.4 Å². The summed E-state index contributed by atoms with van der Waals surface area (Å²) in [6.07, 6.45) is 3.04. The molecule has 0 saturated heterocycles. The summed E-state index contributed by atoms with van der Waals surface area (Å²) < 4.78 is 13.1. The predicted octanol–water partition coefficient (Wildman–Crippen LogP) is 2.26. The van der Waals surface area contributed by atoms with E-state index in [0.29, 0.717) is 17.2 Å². The number of aromatic nitrogens is 4. The number of rotatable bonds is 3. The third kappa shape index (κ3) is 2.92. The number of aromatic amines is 1. The molecular weight excluding hydrogens is 273 g/mol. The van der Waals surface area contributed by atoms with Gasteiger partial charge in [0.15, 0.2) is 5.82 Å². The van der Waals surface area contributed by atoms with Gasteiger partial charge in [-0.1, -0.05) is 6.07 Å². The number of nitrogens with one attached hydrogen (secondary N) is 2. The summed E-state index contributed by atoms with van der Waals surface area (Å²) in [5.41, 5.74) is 1.15. The Bertz CT molecular complexity index is 773. The van der Waals surface area contributed by atoms with Crippen LogP contribution in [0, 0.1) is 5.82 Å². The lowest BCUT2D eigenvalue weighted by Crippen LogP contribution is -2.14. The Balaban J connectivity index is 1.83. The molecule has 0 unspecified atom stereocenters. The van der Waals surface area contributed by atoms with Crippen molar-refractivity contribution in [3.8, 4) is 11.5 Å². The highest BCUT2D eigenvalue weighted by Crippen LogP contribution is 2.13. The number of benzene rings is 1. The lowest BCUT2D eigenvalue weighted by atomic mass is 10.3. The van der Waals surface area contributed by atoms with Crippen LogP contribution in [0.3, 0.4) is 0 Å². The van der Waals surface area contributed by atoms with Crippen LogP contribution < -0.4 is 5.32 Å². The lowest BCUT2D eigenvalue weighted by Gasteiger charge is -2.05. The van der Waals surface area contributed by atoms with Gasteiger partial charge in [0.2, 0.25) is 0 Å². The van der Waals surface area contributed by atoms with Gasteiger partial charge >= 0.3 is 0 Å². The van der Waals surface area contributed by atoms with Crippen LogP contribution in [-0.4, -0.2) is 26.1 Å². The van der Waals surface area contributed by atoms with E-state index in [0.717, 1.165) is 0 Å². The molecule has 3 rings (SSSR count). The highest BCUT2D eigenvalue weighted by molar-refractivity contribution is 6.02. The van der Waals surface area contributed by atoms with E-state index >= 15 is 0 Å². The fourth-order valence-electron chi connectivity index (χ4n) is 1.76. The molecule has 0 spiro atoms. The minimum absolute atomic E-state index is 0.180. The minimum Gasteiger partial charge on any atom is -0.321 e. The van der Waals surface area contributed by atoms with E-state index in [1.165, 1.54) is 30.5 Å². The molecule has 0 fully saturated rings. The zero-order valence-electron chi connectivity index (χ0n) is 10.7. The van der Waals surface area contributed by atoms with Crippen LogP contribution in [0.4, 0.5) is 10.1 Å². The van der Waals surface area contributed by atoms with Crippen molar-refractivity contribution >= 4 is 11.6 Å². The van der Waals surface area contributed by atoms with Crippen molar-refractivity contribution in [2.24, 2.45) is 0 Å². The predicted molar refractivity (Wildman–Crippen MR) is 74.0 cm³/mol. The van der Waals surface area contributed by atoms with Crippen LogP contribution in [-0.2, 0) is 0 Å². The van der Waals surface area contributed by atoms with Crippen LogP contribution in [0.2, 0.25) is 0 Å². The van der Waals surface area contributed by atoms with Gasteiger partial charge in [0.1, 0.15) is 17.2 Å². The molecule has 2 heterocycles. The van der Waals surface area contributed by atoms with E-state index in [1.54, 1.807) is 18.3 Å². The molecule has 0 saturated carbocycles. The first-order valence-electron chi connectivity index (χ1n) is 6.12. The highest BCUT2D eigenvalue weighted by Gasteiger charge is 2.11. The van der Waals surface area contributed by atoms with Gasteiger partial charge in [-0.3, -0.25) is 9.89 Å². The van der Waals surface area contributed by atoms with E-state index < -0.39 is 11.7 Å². The van der Waals surface area contributed by atoms with Gasteiger partial charge < -0.3 is 5.32 Å². The van der Waals surface area contributed by atoms with Gasteiger partial charge in [0.25, 0.3) is 5.91 Å². The maximum absolute atomic E-state index is 13.1. The van der Waals surface area contributed by atoms with Crippen molar-refractivity contribution in [3.05, 3.63) is 60.3 Å². The van der Waals surface area contributed by atoms with Gasteiger partial charge in [0.05, 0.1) is 0 Å². The molecule has 1 amide bonds. The zero-order chi connectivity index (χ0) is 14.7. The molecular formula is C14H10FN5O. The summed E-state index contributed by atoms with van der Waals surface area (Å²) in [6.45, 7) is 0. The molecule has 3 aromatic rings. The molecule has 0 aliphatic carbocycles. The second kappa shape index (κ2) is 5.49. The Labute approximate surface area is 119 Å². The van der Waals surface area contributed by atoms with Crippen LogP contribution in [0.1, 0.15) is 10.5 Å². The average molecular weight is 283 g/mol. The summed E-state index contributed by atoms with van der Waals surface area (Å²) >= 11 is 0. The van der Waals surface area contributed by atoms with Gasteiger partial charge in [-0.2, -0.15) is 5.10 Å². The number of carbonyl (C=O) groups is 1. The molecule has 0 aliphatic heterocycles. The molecule has 0 radical (unpaired) electrons. The molecule has 1 aromatic carbocycles. The largest absolute Gasteiger partial charge is 0.321 e. The lowest BCUT2D eigenvalue weighted by molar-refractivity contribution is 0.102. The van der Waals surface area contributed by atoms with Crippen LogP contribution >= 0.6 is 0 Å². The molecule has 0 bridgehead atoms. The fourth-order valence-corrected chi connectivity index (χ4v) is 1.76. The van der Waals surface area contributed by atoms with Crippen LogP contribution in [0.5, 0.6) is 0 Å². The Morgan fingerprint density at radius 2 is 2.10 bits per heavy atom. The van der Waals surface area contributed by atoms with Crippen molar-refractivity contribution in [1.29, 1.82) is 0 Å². The van der Waals surface area contributed by atoms with E-state index in [4.69, 9.17) is 0 Å². The van der Waals surface area contributed by atoms with Crippen LogP contribution in [0.25, 0.3) is 11.5 Å². The standard InChI is InChI=1S/C14H10FN5O/c15-9-2-1-3-10(8-9)18-14(21)12-4-6-16-13(19-12)11-5-7-17-20-11/h1-8H,(H,17,20)(H,18,21). The van der Waals surface area contributed by atoms with E-state index in [2.05, 4.69) is 25.5 Å². The minimum atomic E-state index is -0.441. The summed E-state index contributed by atoms with van der Waals surface area (Å²) in [7, 11) is 0. The topological polar surface area (TPSA) is 83.6 Å². The quantitative estimate of drug-likeness (QED) is 0.772. The Hall–Kier alpha value is -3.09. The first kappa shape index (κ1) is 12.9. The maximum atomic E-state index is 13.1. The number of H-pyrrole nitrogens is 1. The van der Waals surface area contributed by atoms with Gasteiger partial charge in [0, 0.05) is 18.1 Å². The normalized spacial score (nSPS) is 10.3. The molecule has 7 heteroatoms. The maximum Gasteiger partial charge on any atom is 0.274 e. The molecule has 2 N–H and O–H groups in total. The number of halogens is 1. The monoisotopic (exact) mass is 283 g/mol. The first-order valence-corrected chi connectivity index (χ1v) is 6.12. The molecule has 0 atom stereocenters. The fraction of sp³-hybridized carbons (Fsp3) is 0. The number of carbonyl (C=O) groups excluding carboxylic acids is 1. The summed E-state index contributed by atoms with van der Waals surface area (Å²) in [4.78, 5) is 20.3. The molecule has 2 aromatic heterocycles. The van der Waals surface area contributed by atoms with E-state index in [9.17, 15) is 9.18 Å². The average Bonchev–Trinajstić information content (AvgIpc) is 3.02. The number of hydrogen-bond acceptors (Lipinski definition) is 4. The zero-order valence-corrected chi connectivity index (χ0v) is 10.7. The number of anilines is 1. The number of hydrogen-bond donors (Lipinski definition) is 2. The summed E-state index contributed by atoms with van der Waals surface area (Å²) in [5, 5.41) is 9.10. The SMILES string of the molecule is O=C(Nc1cccc(F)c1)c1ccnc(-c2ccn[nH]2)n1. The van der Waals surface area contributed by atoms with Crippen molar-refractivity contribution in [1.82, 2.24) is 20.2 Å².